The Morgan fingerprint density at radius 3 is 2.59 bits per heavy atom. The van der Waals surface area contributed by atoms with Gasteiger partial charge < -0.3 is 4.90 Å². The van der Waals surface area contributed by atoms with E-state index in [1.54, 1.807) is 0 Å². The lowest BCUT2D eigenvalue weighted by Crippen LogP contribution is -2.44. The molecule has 0 bridgehead atoms. The van der Waals surface area contributed by atoms with Gasteiger partial charge in [0.1, 0.15) is 0 Å². The van der Waals surface area contributed by atoms with Crippen LogP contribution in [0.15, 0.2) is 0 Å². The van der Waals surface area contributed by atoms with Crippen LogP contribution in [0.3, 0.4) is 0 Å². The Hall–Kier alpha value is -0.570. The molecule has 1 atom stereocenters. The van der Waals surface area contributed by atoms with Crippen LogP contribution in [0.4, 0.5) is 0 Å². The van der Waals surface area contributed by atoms with Crippen molar-refractivity contribution in [2.24, 2.45) is 0 Å². The Balaban J connectivity index is 1.82. The molecule has 3 nitrogen and oxygen atoms in total. The highest BCUT2D eigenvalue weighted by atomic mass is 16.2. The first kappa shape index (κ1) is 12.9. The van der Waals surface area contributed by atoms with Crippen molar-refractivity contribution in [3.63, 3.8) is 0 Å². The Bertz CT molecular complexity index is 249. The second-order valence-corrected chi connectivity index (χ2v) is 5.43. The lowest BCUT2D eigenvalue weighted by molar-refractivity contribution is -0.134. The molecule has 17 heavy (non-hydrogen) atoms. The molecule has 2 rings (SSSR count). The Morgan fingerprint density at radius 2 is 1.88 bits per heavy atom. The summed E-state index contributed by atoms with van der Waals surface area (Å²) in [6.07, 6.45) is 8.50. The average molecular weight is 238 g/mol. The second-order valence-electron chi connectivity index (χ2n) is 5.43. The molecule has 2 fully saturated rings. The molecule has 0 spiro atoms. The maximum Gasteiger partial charge on any atom is 0.239 e. The molecule has 0 saturated carbocycles. The van der Waals surface area contributed by atoms with E-state index in [0.29, 0.717) is 5.91 Å². The van der Waals surface area contributed by atoms with Gasteiger partial charge in [0.15, 0.2) is 0 Å². The average Bonchev–Trinajstić information content (AvgIpc) is 3.00. The minimum atomic E-state index is 0.213. The number of rotatable bonds is 5. The maximum absolute atomic E-state index is 12.4. The lowest BCUT2D eigenvalue weighted by atomic mass is 10.2. The van der Waals surface area contributed by atoms with Gasteiger partial charge >= 0.3 is 0 Å². The molecule has 1 unspecified atom stereocenters. The third kappa shape index (κ3) is 3.21. The summed E-state index contributed by atoms with van der Waals surface area (Å²) in [6.45, 7) is 6.49. The van der Waals surface area contributed by atoms with Gasteiger partial charge in [0, 0.05) is 13.1 Å². The van der Waals surface area contributed by atoms with Crippen LogP contribution in [0, 0.1) is 0 Å². The summed E-state index contributed by atoms with van der Waals surface area (Å²) in [5.74, 6) is 0.413. The van der Waals surface area contributed by atoms with Gasteiger partial charge in [-0.15, -0.1) is 0 Å². The predicted octanol–water partition coefficient (Wildman–Crippen LogP) is 2.26. The first-order chi connectivity index (χ1) is 8.33. The fourth-order valence-electron chi connectivity index (χ4n) is 3.09. The molecule has 0 aromatic rings. The number of carbonyl (C=O) groups is 1. The minimum Gasteiger partial charge on any atom is -0.341 e. The van der Waals surface area contributed by atoms with Gasteiger partial charge in [-0.3, -0.25) is 9.69 Å². The zero-order chi connectivity index (χ0) is 12.1. The maximum atomic E-state index is 12.4. The van der Waals surface area contributed by atoms with Crippen LogP contribution < -0.4 is 0 Å². The third-order valence-electron chi connectivity index (χ3n) is 4.12. The second kappa shape index (κ2) is 6.39. The number of carbonyl (C=O) groups excluding carboxylic acids is 1. The number of amides is 1. The zero-order valence-electron chi connectivity index (χ0n) is 11.2. The molecule has 1 amide bonds. The largest absolute Gasteiger partial charge is 0.341 e. The number of nitrogens with zero attached hydrogens (tertiary/aromatic N) is 2. The van der Waals surface area contributed by atoms with E-state index in [9.17, 15) is 4.79 Å². The quantitative estimate of drug-likeness (QED) is 0.686. The summed E-state index contributed by atoms with van der Waals surface area (Å²) >= 11 is 0. The van der Waals surface area contributed by atoms with Gasteiger partial charge in [-0.05, 0) is 45.2 Å². The van der Waals surface area contributed by atoms with Crippen LogP contribution in [-0.4, -0.2) is 47.9 Å². The van der Waals surface area contributed by atoms with Gasteiger partial charge in [-0.25, -0.2) is 0 Å². The van der Waals surface area contributed by atoms with Crippen LogP contribution in [0.1, 0.15) is 51.9 Å². The first-order valence-electron chi connectivity index (χ1n) is 7.35. The summed E-state index contributed by atoms with van der Waals surface area (Å²) in [6, 6.07) is 0.213. The van der Waals surface area contributed by atoms with Gasteiger partial charge in [0.2, 0.25) is 5.91 Å². The van der Waals surface area contributed by atoms with E-state index in [0.717, 1.165) is 32.6 Å². The van der Waals surface area contributed by atoms with Crippen molar-refractivity contribution < 1.29 is 4.79 Å². The van der Waals surface area contributed by atoms with Crippen LogP contribution in [-0.2, 0) is 4.79 Å². The predicted molar refractivity (Wildman–Crippen MR) is 69.9 cm³/mol. The van der Waals surface area contributed by atoms with Crippen molar-refractivity contribution in [3.8, 4) is 0 Å². The van der Waals surface area contributed by atoms with Gasteiger partial charge in [0.05, 0.1) is 6.04 Å². The third-order valence-corrected chi connectivity index (χ3v) is 4.12. The van der Waals surface area contributed by atoms with Crippen LogP contribution in [0.5, 0.6) is 0 Å². The molecule has 2 aliphatic heterocycles. The van der Waals surface area contributed by atoms with Crippen LogP contribution in [0.2, 0.25) is 0 Å². The molecular weight excluding hydrogens is 212 g/mol. The Morgan fingerprint density at radius 1 is 1.12 bits per heavy atom. The zero-order valence-corrected chi connectivity index (χ0v) is 11.2. The van der Waals surface area contributed by atoms with Crippen molar-refractivity contribution in [1.82, 2.24) is 9.80 Å². The number of hydrogen-bond donors (Lipinski definition) is 0. The van der Waals surface area contributed by atoms with Crippen molar-refractivity contribution in [1.29, 1.82) is 0 Å². The first-order valence-corrected chi connectivity index (χ1v) is 7.35. The van der Waals surface area contributed by atoms with Crippen molar-refractivity contribution in [3.05, 3.63) is 0 Å². The SMILES string of the molecule is CCCCCN1CCCC1C(=O)N1CCCC1. The van der Waals surface area contributed by atoms with E-state index in [1.807, 2.05) is 0 Å². The highest BCUT2D eigenvalue weighted by molar-refractivity contribution is 5.82. The molecule has 0 aromatic carbocycles. The molecule has 3 heteroatoms. The lowest BCUT2D eigenvalue weighted by Gasteiger charge is -2.27. The minimum absolute atomic E-state index is 0.213. The standard InChI is InChI=1S/C14H26N2O/c1-2-3-4-9-15-12-7-8-13(15)14(17)16-10-5-6-11-16/h13H,2-12H2,1H3. The topological polar surface area (TPSA) is 23.6 Å². The van der Waals surface area contributed by atoms with Crippen LogP contribution in [0.25, 0.3) is 0 Å². The van der Waals surface area contributed by atoms with Gasteiger partial charge in [-0.2, -0.15) is 0 Å². The van der Waals surface area contributed by atoms with E-state index >= 15 is 0 Å². The monoisotopic (exact) mass is 238 g/mol. The van der Waals surface area contributed by atoms with Crippen molar-refractivity contribution in [2.45, 2.75) is 57.9 Å². The molecule has 0 N–H and O–H groups in total. The number of unbranched alkanes of at least 4 members (excludes halogenated alkanes) is 2. The Labute approximate surface area is 105 Å². The highest BCUT2D eigenvalue weighted by Gasteiger charge is 2.33. The number of hydrogen-bond acceptors (Lipinski definition) is 2. The highest BCUT2D eigenvalue weighted by Crippen LogP contribution is 2.22. The summed E-state index contributed by atoms with van der Waals surface area (Å²) in [4.78, 5) is 16.9. The molecule has 2 saturated heterocycles. The fourth-order valence-corrected chi connectivity index (χ4v) is 3.09. The normalized spacial score (nSPS) is 25.7. The molecule has 0 radical (unpaired) electrons. The fraction of sp³-hybridized carbons (Fsp3) is 0.929. The molecule has 2 heterocycles. The molecule has 0 aromatic heterocycles. The summed E-state index contributed by atoms with van der Waals surface area (Å²) in [5, 5.41) is 0. The van der Waals surface area contributed by atoms with Gasteiger partial charge in [-0.1, -0.05) is 19.8 Å². The van der Waals surface area contributed by atoms with E-state index in [-0.39, 0.29) is 6.04 Å². The smallest absolute Gasteiger partial charge is 0.239 e. The summed E-state index contributed by atoms with van der Waals surface area (Å²) in [5.41, 5.74) is 0. The summed E-state index contributed by atoms with van der Waals surface area (Å²) < 4.78 is 0. The molecular formula is C14H26N2O. The number of likely N-dealkylation sites (tertiary alicyclic amines) is 2. The summed E-state index contributed by atoms with van der Waals surface area (Å²) in [7, 11) is 0. The van der Waals surface area contributed by atoms with E-state index in [4.69, 9.17) is 0 Å². The van der Waals surface area contributed by atoms with Crippen LogP contribution >= 0.6 is 0 Å². The Kier molecular flexibility index (Phi) is 4.84. The van der Waals surface area contributed by atoms with Crippen molar-refractivity contribution in [2.75, 3.05) is 26.2 Å². The van der Waals surface area contributed by atoms with E-state index in [2.05, 4.69) is 16.7 Å². The molecule has 2 aliphatic rings. The molecule has 98 valence electrons. The van der Waals surface area contributed by atoms with Crippen molar-refractivity contribution >= 4 is 5.91 Å². The van der Waals surface area contributed by atoms with Gasteiger partial charge in [0.25, 0.3) is 0 Å². The van der Waals surface area contributed by atoms with E-state index in [1.165, 1.54) is 38.5 Å². The molecule has 0 aliphatic carbocycles. The van der Waals surface area contributed by atoms with E-state index < -0.39 is 0 Å².